The zero-order chi connectivity index (χ0) is 30.8. The van der Waals surface area contributed by atoms with E-state index in [2.05, 4.69) is 9.97 Å². The lowest BCUT2D eigenvalue weighted by Gasteiger charge is -2.55. The van der Waals surface area contributed by atoms with Crippen molar-refractivity contribution in [2.75, 3.05) is 0 Å². The normalized spacial score (nSPS) is 24.0. The molecular weight excluding hydrogens is 578 g/mol. The summed E-state index contributed by atoms with van der Waals surface area (Å²) in [7, 11) is 0. The summed E-state index contributed by atoms with van der Waals surface area (Å²) < 4.78 is 26.6. The molecule has 0 atom stereocenters. The third-order valence-electron chi connectivity index (χ3n) is 10.3. The van der Waals surface area contributed by atoms with Crippen molar-refractivity contribution >= 4 is 45.0 Å². The summed E-state index contributed by atoms with van der Waals surface area (Å²) in [6.45, 7) is 3.73. The van der Waals surface area contributed by atoms with Crippen LogP contribution in [0.5, 0.6) is 0 Å². The van der Waals surface area contributed by atoms with Crippen LogP contribution >= 0.6 is 11.6 Å². The molecule has 0 radical (unpaired) electrons. The minimum Gasteiger partial charge on any atom is -0.352 e. The van der Waals surface area contributed by atoms with Gasteiger partial charge in [-0.3, -0.25) is 9.59 Å². The first-order valence-corrected chi connectivity index (χ1v) is 15.8. The first-order valence-electron chi connectivity index (χ1n) is 15.4. The highest BCUT2D eigenvalue weighted by Crippen LogP contribution is 2.61. The van der Waals surface area contributed by atoms with Gasteiger partial charge in [0.1, 0.15) is 11.6 Å². The van der Waals surface area contributed by atoms with Crippen molar-refractivity contribution in [2.45, 2.75) is 57.8 Å². The Morgan fingerprint density at radius 3 is 1.73 bits per heavy atom. The fraction of sp³-hybridized carbons (Fsp3) is 0.351. The molecule has 0 aliphatic heterocycles. The van der Waals surface area contributed by atoms with Gasteiger partial charge >= 0.3 is 0 Å². The molecule has 4 bridgehead atoms. The number of ketones is 2. The van der Waals surface area contributed by atoms with Gasteiger partial charge < -0.3 is 9.97 Å². The van der Waals surface area contributed by atoms with Crippen molar-refractivity contribution in [1.29, 1.82) is 0 Å². The Bertz CT molecular complexity index is 1870. The van der Waals surface area contributed by atoms with Gasteiger partial charge in [0.15, 0.2) is 11.6 Å². The number of hydrogen-bond acceptors (Lipinski definition) is 2. The lowest BCUT2D eigenvalue weighted by molar-refractivity contribution is -0.0355. The Labute approximate surface area is 260 Å². The Balaban J connectivity index is 0.000000142. The predicted octanol–water partition coefficient (Wildman–Crippen LogP) is 9.83. The number of halogens is 3. The fourth-order valence-electron chi connectivity index (χ4n) is 8.45. The number of Topliss-reactive ketones (excluding diaryl/α,β-unsaturated/α-hetero) is 2. The van der Waals surface area contributed by atoms with Crippen LogP contribution in [0.15, 0.2) is 72.8 Å². The largest absolute Gasteiger partial charge is 0.352 e. The summed E-state index contributed by atoms with van der Waals surface area (Å²) in [4.78, 5) is 32.3. The first-order chi connectivity index (χ1) is 21.0. The van der Waals surface area contributed by atoms with E-state index in [1.54, 1.807) is 30.3 Å². The van der Waals surface area contributed by atoms with Gasteiger partial charge in [0.05, 0.1) is 16.8 Å². The van der Waals surface area contributed by atoms with Crippen molar-refractivity contribution < 1.29 is 18.4 Å². The summed E-state index contributed by atoms with van der Waals surface area (Å²) in [6.07, 6.45) is 7.23. The highest BCUT2D eigenvalue weighted by Gasteiger charge is 2.54. The van der Waals surface area contributed by atoms with Crippen LogP contribution in [0.4, 0.5) is 8.78 Å². The van der Waals surface area contributed by atoms with Gasteiger partial charge in [-0.1, -0.05) is 23.7 Å². The van der Waals surface area contributed by atoms with Crippen molar-refractivity contribution in [2.24, 2.45) is 23.2 Å². The number of hydrogen-bond donors (Lipinski definition) is 2. The molecule has 0 amide bonds. The zero-order valence-electron chi connectivity index (χ0n) is 24.9. The minimum absolute atomic E-state index is 0.0496. The van der Waals surface area contributed by atoms with Crippen LogP contribution in [0.25, 0.3) is 21.8 Å². The Morgan fingerprint density at radius 1 is 0.727 bits per heavy atom. The van der Waals surface area contributed by atoms with Crippen LogP contribution in [-0.2, 0) is 5.41 Å². The van der Waals surface area contributed by atoms with E-state index in [1.165, 1.54) is 43.5 Å². The van der Waals surface area contributed by atoms with Gasteiger partial charge in [-0.15, -0.1) is 0 Å². The highest BCUT2D eigenvalue weighted by molar-refractivity contribution is 6.30. The zero-order valence-corrected chi connectivity index (χ0v) is 25.6. The number of aromatic amines is 2. The monoisotopic (exact) mass is 612 g/mol. The standard InChI is InChI=1S/C19H20FNO.C18H15ClFNO/c20-15-2-1-14-6-17(21-16(14)7-15)18(22)19-8-11-3-12(9-19)5-13(4-11)10-19;1-18(2,12-4-6-13(19)7-5-12)17(22)16-9-11-3-8-14(20)10-15(11)21-16/h1-2,6-7,11-13,21H,3-5,8-10H2;3-10,21H,1-2H3. The SMILES string of the molecule is CC(C)(C(=O)c1cc2ccc(F)cc2[nH]1)c1ccc(Cl)cc1.O=C(c1cc2ccc(F)cc2[nH]1)C12CC3CC(CC(C3)C1)C2. The smallest absolute Gasteiger partial charge is 0.188 e. The molecule has 44 heavy (non-hydrogen) atoms. The Kier molecular flexibility index (Phi) is 7.04. The molecule has 0 unspecified atom stereocenters. The van der Waals surface area contributed by atoms with E-state index >= 15 is 0 Å². The summed E-state index contributed by atoms with van der Waals surface area (Å²) in [6, 6.07) is 20.0. The summed E-state index contributed by atoms with van der Waals surface area (Å²) >= 11 is 5.90. The molecule has 226 valence electrons. The third-order valence-corrected chi connectivity index (χ3v) is 10.6. The average Bonchev–Trinajstić information content (AvgIpc) is 3.60. The molecule has 0 spiro atoms. The van der Waals surface area contributed by atoms with Crippen molar-refractivity contribution in [1.82, 2.24) is 9.97 Å². The van der Waals surface area contributed by atoms with E-state index in [0.717, 1.165) is 58.9 Å². The van der Waals surface area contributed by atoms with E-state index in [1.807, 2.05) is 32.0 Å². The second kappa shape index (κ2) is 10.7. The Hall–Kier alpha value is -3.77. The molecular formula is C37H35ClF2N2O2. The van der Waals surface area contributed by atoms with Gasteiger partial charge in [0.25, 0.3) is 0 Å². The maximum atomic E-state index is 13.4. The molecule has 4 aliphatic carbocycles. The van der Waals surface area contributed by atoms with E-state index in [0.29, 0.717) is 21.9 Å². The van der Waals surface area contributed by atoms with Gasteiger partial charge in [0.2, 0.25) is 0 Å². The second-order valence-corrected chi connectivity index (χ2v) is 14.3. The quantitative estimate of drug-likeness (QED) is 0.194. The average molecular weight is 613 g/mol. The molecule has 4 nitrogen and oxygen atoms in total. The fourth-order valence-corrected chi connectivity index (χ4v) is 8.58. The van der Waals surface area contributed by atoms with Gasteiger partial charge in [0, 0.05) is 32.2 Å². The van der Waals surface area contributed by atoms with E-state index in [-0.39, 0.29) is 28.6 Å². The van der Waals surface area contributed by atoms with Crippen LogP contribution in [0.2, 0.25) is 5.02 Å². The van der Waals surface area contributed by atoms with Crippen molar-refractivity contribution in [3.63, 3.8) is 0 Å². The number of rotatable bonds is 5. The highest BCUT2D eigenvalue weighted by atomic mass is 35.5. The molecule has 9 rings (SSSR count). The van der Waals surface area contributed by atoms with Crippen LogP contribution in [0, 0.1) is 34.8 Å². The number of benzene rings is 3. The molecule has 7 heteroatoms. The molecule has 4 fully saturated rings. The van der Waals surface area contributed by atoms with Crippen LogP contribution in [-0.4, -0.2) is 21.5 Å². The lowest BCUT2D eigenvalue weighted by Crippen LogP contribution is -2.50. The molecule has 2 aromatic heterocycles. The van der Waals surface area contributed by atoms with Gasteiger partial charge in [-0.2, -0.15) is 0 Å². The van der Waals surface area contributed by atoms with Crippen LogP contribution in [0.3, 0.4) is 0 Å². The van der Waals surface area contributed by atoms with Crippen molar-refractivity contribution in [3.05, 3.63) is 106 Å². The summed E-state index contributed by atoms with van der Waals surface area (Å²) in [5, 5.41) is 2.37. The van der Waals surface area contributed by atoms with Crippen molar-refractivity contribution in [3.8, 4) is 0 Å². The number of aromatic nitrogens is 2. The maximum Gasteiger partial charge on any atom is 0.188 e. The Morgan fingerprint density at radius 2 is 1.20 bits per heavy atom. The molecule has 0 saturated heterocycles. The lowest BCUT2D eigenvalue weighted by atomic mass is 9.48. The summed E-state index contributed by atoms with van der Waals surface area (Å²) in [5.41, 5.74) is 2.55. The maximum absolute atomic E-state index is 13.4. The van der Waals surface area contributed by atoms with E-state index in [9.17, 15) is 18.4 Å². The van der Waals surface area contributed by atoms with Gasteiger partial charge in [-0.05, 0) is 136 Å². The number of nitrogens with one attached hydrogen (secondary N) is 2. The number of H-pyrrole nitrogens is 2. The minimum atomic E-state index is -0.704. The molecule has 2 heterocycles. The van der Waals surface area contributed by atoms with Crippen LogP contribution in [0.1, 0.15) is 78.9 Å². The first kappa shape index (κ1) is 29.0. The van der Waals surface area contributed by atoms with E-state index < -0.39 is 5.41 Å². The molecule has 3 aromatic carbocycles. The van der Waals surface area contributed by atoms with Crippen LogP contribution < -0.4 is 0 Å². The molecule has 4 saturated carbocycles. The van der Waals surface area contributed by atoms with E-state index in [4.69, 9.17) is 11.6 Å². The third kappa shape index (κ3) is 5.17. The predicted molar refractivity (Wildman–Crippen MR) is 170 cm³/mol. The second-order valence-electron chi connectivity index (χ2n) is 13.8. The molecule has 4 aliphatic rings. The number of carbonyl (C=O) groups is 2. The summed E-state index contributed by atoms with van der Waals surface area (Å²) in [5.74, 6) is 1.93. The number of fused-ring (bicyclic) bond motifs is 2. The number of carbonyl (C=O) groups excluding carboxylic acids is 2. The van der Waals surface area contributed by atoms with Gasteiger partial charge in [-0.25, -0.2) is 8.78 Å². The topological polar surface area (TPSA) is 65.7 Å². The molecule has 5 aromatic rings. The molecule has 2 N–H and O–H groups in total.